The number of amides is 1. The molecule has 0 aromatic rings. The molecule has 2 N–H and O–H groups in total. The van der Waals surface area contributed by atoms with Gasteiger partial charge in [-0.15, -0.1) is 0 Å². The zero-order chi connectivity index (χ0) is 12.6. The summed E-state index contributed by atoms with van der Waals surface area (Å²) in [5.74, 6) is 0.423. The van der Waals surface area contributed by atoms with Crippen molar-refractivity contribution < 1.29 is 14.6 Å². The summed E-state index contributed by atoms with van der Waals surface area (Å²) >= 11 is 0. The second-order valence-corrected chi connectivity index (χ2v) is 4.67. The molecule has 0 saturated heterocycles. The van der Waals surface area contributed by atoms with Crippen LogP contribution in [-0.4, -0.2) is 36.9 Å². The second-order valence-electron chi connectivity index (χ2n) is 4.67. The Morgan fingerprint density at radius 3 is 2.50 bits per heavy atom. The Morgan fingerprint density at radius 1 is 1.38 bits per heavy atom. The molecule has 0 aliphatic heterocycles. The molecule has 1 amide bonds. The lowest BCUT2D eigenvalue weighted by Crippen LogP contribution is -2.33. The van der Waals surface area contributed by atoms with E-state index in [1.54, 1.807) is 7.11 Å². The van der Waals surface area contributed by atoms with Crippen LogP contribution in [0, 0.1) is 5.92 Å². The highest BCUT2D eigenvalue weighted by molar-refractivity contribution is 5.75. The number of hydrogen-bond donors (Lipinski definition) is 2. The van der Waals surface area contributed by atoms with E-state index < -0.39 is 6.10 Å². The first-order valence-electron chi connectivity index (χ1n) is 5.93. The third kappa shape index (κ3) is 8.68. The monoisotopic (exact) mass is 231 g/mol. The van der Waals surface area contributed by atoms with Gasteiger partial charge in [-0.2, -0.15) is 0 Å². The molecule has 0 aliphatic rings. The number of nitrogens with one attached hydrogen (secondary N) is 1. The number of carbonyl (C=O) groups is 1. The van der Waals surface area contributed by atoms with Crippen molar-refractivity contribution in [2.24, 2.45) is 5.92 Å². The Labute approximate surface area is 98.4 Å². The molecule has 0 aromatic heterocycles. The second kappa shape index (κ2) is 8.53. The van der Waals surface area contributed by atoms with Crippen molar-refractivity contribution in [3.63, 3.8) is 0 Å². The minimum Gasteiger partial charge on any atom is -0.391 e. The molecule has 0 spiro atoms. The van der Waals surface area contributed by atoms with Gasteiger partial charge in [0.1, 0.15) is 0 Å². The molecule has 0 fully saturated rings. The van der Waals surface area contributed by atoms with Gasteiger partial charge in [-0.05, 0) is 25.7 Å². The Kier molecular flexibility index (Phi) is 8.21. The lowest BCUT2D eigenvalue weighted by Gasteiger charge is -2.14. The van der Waals surface area contributed by atoms with Gasteiger partial charge in [0, 0.05) is 20.1 Å². The first kappa shape index (κ1) is 15.4. The molecule has 0 rings (SSSR count). The summed E-state index contributed by atoms with van der Waals surface area (Å²) in [7, 11) is 1.63. The maximum Gasteiger partial charge on any atom is 0.220 e. The van der Waals surface area contributed by atoms with Gasteiger partial charge in [-0.25, -0.2) is 0 Å². The van der Waals surface area contributed by atoms with E-state index in [0.29, 0.717) is 25.3 Å². The molecule has 0 heterocycles. The summed E-state index contributed by atoms with van der Waals surface area (Å²) in [6.07, 6.45) is 1.54. The summed E-state index contributed by atoms with van der Waals surface area (Å²) in [4.78, 5) is 11.4. The van der Waals surface area contributed by atoms with Crippen LogP contribution >= 0.6 is 0 Å². The van der Waals surface area contributed by atoms with E-state index in [0.717, 1.165) is 6.42 Å². The lowest BCUT2D eigenvalue weighted by molar-refractivity contribution is -0.122. The van der Waals surface area contributed by atoms with Crippen LogP contribution in [0.1, 0.15) is 40.0 Å². The minimum atomic E-state index is -0.441. The molecule has 4 nitrogen and oxygen atoms in total. The van der Waals surface area contributed by atoms with Gasteiger partial charge >= 0.3 is 0 Å². The largest absolute Gasteiger partial charge is 0.391 e. The van der Waals surface area contributed by atoms with Gasteiger partial charge in [-0.3, -0.25) is 4.79 Å². The van der Waals surface area contributed by atoms with Gasteiger partial charge in [0.2, 0.25) is 5.91 Å². The van der Waals surface area contributed by atoms with Gasteiger partial charge in [-0.1, -0.05) is 13.8 Å². The van der Waals surface area contributed by atoms with Crippen molar-refractivity contribution >= 4 is 5.91 Å². The Hall–Kier alpha value is -0.610. The van der Waals surface area contributed by atoms with Crippen molar-refractivity contribution in [1.82, 2.24) is 5.32 Å². The lowest BCUT2D eigenvalue weighted by atomic mass is 10.1. The quantitative estimate of drug-likeness (QED) is 0.662. The third-order valence-electron chi connectivity index (χ3n) is 2.46. The highest BCUT2D eigenvalue weighted by Crippen LogP contribution is 2.04. The predicted octanol–water partition coefficient (Wildman–Crippen LogP) is 1.32. The molecule has 2 atom stereocenters. The summed E-state index contributed by atoms with van der Waals surface area (Å²) in [5.41, 5.74) is 0. The average Bonchev–Trinajstić information content (AvgIpc) is 2.22. The zero-order valence-electron chi connectivity index (χ0n) is 10.8. The third-order valence-corrected chi connectivity index (χ3v) is 2.46. The standard InChI is InChI=1S/C12H25NO3/c1-9(2)7-11(14)8-13-12(15)6-5-10(3)16-4/h9-11,14H,5-8H2,1-4H3,(H,13,15). The number of aliphatic hydroxyl groups excluding tert-OH is 1. The smallest absolute Gasteiger partial charge is 0.220 e. The number of rotatable bonds is 8. The number of aliphatic hydroxyl groups is 1. The first-order valence-corrected chi connectivity index (χ1v) is 5.93. The fourth-order valence-electron chi connectivity index (χ4n) is 1.40. The number of methoxy groups -OCH3 is 1. The van der Waals surface area contributed by atoms with Gasteiger partial charge < -0.3 is 15.2 Å². The number of hydrogen-bond acceptors (Lipinski definition) is 3. The average molecular weight is 231 g/mol. The molecule has 0 aliphatic carbocycles. The summed E-state index contributed by atoms with van der Waals surface area (Å²) in [6.45, 7) is 6.37. The minimum absolute atomic E-state index is 0.0216. The van der Waals surface area contributed by atoms with E-state index in [1.807, 2.05) is 20.8 Å². The molecule has 16 heavy (non-hydrogen) atoms. The van der Waals surface area contributed by atoms with Crippen LogP contribution in [-0.2, 0) is 9.53 Å². The van der Waals surface area contributed by atoms with Gasteiger partial charge in [0.15, 0.2) is 0 Å². The molecule has 4 heteroatoms. The SMILES string of the molecule is COC(C)CCC(=O)NCC(O)CC(C)C. The first-order chi connectivity index (χ1) is 7.45. The van der Waals surface area contributed by atoms with Crippen LogP contribution in [0.5, 0.6) is 0 Å². The zero-order valence-corrected chi connectivity index (χ0v) is 10.8. The Bertz CT molecular complexity index is 195. The normalized spacial score (nSPS) is 14.9. The van der Waals surface area contributed by atoms with E-state index in [-0.39, 0.29) is 12.0 Å². The highest BCUT2D eigenvalue weighted by atomic mass is 16.5. The maximum absolute atomic E-state index is 11.4. The Balaban J connectivity index is 3.57. The van der Waals surface area contributed by atoms with Crippen LogP contribution in [0.3, 0.4) is 0 Å². The number of carbonyl (C=O) groups excluding carboxylic acids is 1. The highest BCUT2D eigenvalue weighted by Gasteiger charge is 2.09. The molecule has 0 radical (unpaired) electrons. The van der Waals surface area contributed by atoms with E-state index in [1.165, 1.54) is 0 Å². The molecular formula is C12H25NO3. The van der Waals surface area contributed by atoms with Crippen molar-refractivity contribution in [2.75, 3.05) is 13.7 Å². The van der Waals surface area contributed by atoms with Crippen LogP contribution in [0.15, 0.2) is 0 Å². The van der Waals surface area contributed by atoms with Crippen molar-refractivity contribution in [1.29, 1.82) is 0 Å². The molecule has 0 bridgehead atoms. The molecule has 96 valence electrons. The topological polar surface area (TPSA) is 58.6 Å². The summed E-state index contributed by atoms with van der Waals surface area (Å²) in [5, 5.41) is 12.3. The van der Waals surface area contributed by atoms with E-state index in [2.05, 4.69) is 5.32 Å². The number of ether oxygens (including phenoxy) is 1. The van der Waals surface area contributed by atoms with E-state index in [9.17, 15) is 9.90 Å². The Morgan fingerprint density at radius 2 is 2.00 bits per heavy atom. The van der Waals surface area contributed by atoms with Crippen LogP contribution < -0.4 is 5.32 Å². The van der Waals surface area contributed by atoms with Crippen LogP contribution in [0.2, 0.25) is 0 Å². The van der Waals surface area contributed by atoms with Crippen molar-refractivity contribution in [3.8, 4) is 0 Å². The van der Waals surface area contributed by atoms with E-state index in [4.69, 9.17) is 4.74 Å². The summed E-state index contributed by atoms with van der Waals surface area (Å²) in [6, 6.07) is 0. The predicted molar refractivity (Wildman–Crippen MR) is 64.2 cm³/mol. The van der Waals surface area contributed by atoms with Gasteiger partial charge in [0.25, 0.3) is 0 Å². The fourth-order valence-corrected chi connectivity index (χ4v) is 1.40. The molecule has 2 unspecified atom stereocenters. The fraction of sp³-hybridized carbons (Fsp3) is 0.917. The molecular weight excluding hydrogens is 206 g/mol. The van der Waals surface area contributed by atoms with Crippen molar-refractivity contribution in [2.45, 2.75) is 52.2 Å². The summed E-state index contributed by atoms with van der Waals surface area (Å²) < 4.78 is 5.05. The van der Waals surface area contributed by atoms with Gasteiger partial charge in [0.05, 0.1) is 12.2 Å². The van der Waals surface area contributed by atoms with Crippen LogP contribution in [0.25, 0.3) is 0 Å². The molecule has 0 aromatic carbocycles. The maximum atomic E-state index is 11.4. The van der Waals surface area contributed by atoms with E-state index >= 15 is 0 Å². The molecule has 0 saturated carbocycles. The van der Waals surface area contributed by atoms with Crippen LogP contribution in [0.4, 0.5) is 0 Å². The van der Waals surface area contributed by atoms with Crippen molar-refractivity contribution in [3.05, 3.63) is 0 Å².